The van der Waals surface area contributed by atoms with Crippen LogP contribution in [0.1, 0.15) is 17.2 Å². The third-order valence-corrected chi connectivity index (χ3v) is 4.06. The molecule has 1 aliphatic heterocycles. The second-order valence-electron chi connectivity index (χ2n) is 5.39. The topological polar surface area (TPSA) is 32.7 Å². The van der Waals surface area contributed by atoms with Crippen molar-refractivity contribution in [2.75, 3.05) is 26.3 Å². The lowest BCUT2D eigenvalue weighted by Gasteiger charge is -2.32. The van der Waals surface area contributed by atoms with Crippen LogP contribution >= 0.6 is 11.6 Å². The first-order chi connectivity index (χ1) is 11.2. The molecule has 0 saturated carbocycles. The Kier molecular flexibility index (Phi) is 5.19. The standard InChI is InChI=1S/C19H18ClNO2/c20-16-7-9-19(22)17(14-16)18(21-10-12-23-13-11-21)8-6-15-4-2-1-3-5-15/h1-5,7,9,14,18,22H,10-13H2/t18-/m1/s1. The summed E-state index contributed by atoms with van der Waals surface area (Å²) in [6, 6.07) is 14.7. The van der Waals surface area contributed by atoms with Gasteiger partial charge >= 0.3 is 0 Å². The summed E-state index contributed by atoms with van der Waals surface area (Å²) in [4.78, 5) is 2.21. The zero-order chi connectivity index (χ0) is 16.1. The van der Waals surface area contributed by atoms with Crippen molar-refractivity contribution in [1.82, 2.24) is 4.90 Å². The van der Waals surface area contributed by atoms with E-state index in [1.807, 2.05) is 30.3 Å². The van der Waals surface area contributed by atoms with E-state index in [2.05, 4.69) is 16.7 Å². The maximum absolute atomic E-state index is 10.2. The van der Waals surface area contributed by atoms with Crippen molar-refractivity contribution < 1.29 is 9.84 Å². The van der Waals surface area contributed by atoms with Crippen LogP contribution in [0.4, 0.5) is 0 Å². The van der Waals surface area contributed by atoms with Gasteiger partial charge in [0.25, 0.3) is 0 Å². The van der Waals surface area contributed by atoms with Crippen LogP contribution in [0.5, 0.6) is 5.75 Å². The molecule has 0 aromatic heterocycles. The van der Waals surface area contributed by atoms with E-state index in [9.17, 15) is 5.11 Å². The summed E-state index contributed by atoms with van der Waals surface area (Å²) >= 11 is 6.11. The predicted molar refractivity (Wildman–Crippen MR) is 91.6 cm³/mol. The number of hydrogen-bond acceptors (Lipinski definition) is 3. The first-order valence-electron chi connectivity index (χ1n) is 7.61. The largest absolute Gasteiger partial charge is 0.508 e. The molecule has 4 heteroatoms. The van der Waals surface area contributed by atoms with Gasteiger partial charge in [-0.1, -0.05) is 41.6 Å². The summed E-state index contributed by atoms with van der Waals surface area (Å²) in [6.45, 7) is 2.90. The molecular formula is C19H18ClNO2. The molecule has 0 spiro atoms. The van der Waals surface area contributed by atoms with Crippen LogP contribution in [0.25, 0.3) is 0 Å². The predicted octanol–water partition coefficient (Wildman–Crippen LogP) is 3.47. The number of phenols is 1. The average Bonchev–Trinajstić information content (AvgIpc) is 2.60. The van der Waals surface area contributed by atoms with Gasteiger partial charge in [-0.3, -0.25) is 4.90 Å². The van der Waals surface area contributed by atoms with Crippen LogP contribution < -0.4 is 0 Å². The molecule has 3 nitrogen and oxygen atoms in total. The van der Waals surface area contributed by atoms with Gasteiger partial charge in [-0.15, -0.1) is 0 Å². The monoisotopic (exact) mass is 327 g/mol. The summed E-state index contributed by atoms with van der Waals surface area (Å²) in [7, 11) is 0. The number of hydrogen-bond donors (Lipinski definition) is 1. The highest BCUT2D eigenvalue weighted by Crippen LogP contribution is 2.31. The zero-order valence-electron chi connectivity index (χ0n) is 12.7. The van der Waals surface area contributed by atoms with Crippen LogP contribution in [0.3, 0.4) is 0 Å². The number of morpholine rings is 1. The Morgan fingerprint density at radius 1 is 1.09 bits per heavy atom. The maximum Gasteiger partial charge on any atom is 0.121 e. The number of halogens is 1. The molecule has 1 saturated heterocycles. The van der Waals surface area contributed by atoms with Gasteiger partial charge in [0.15, 0.2) is 0 Å². The van der Waals surface area contributed by atoms with Gasteiger partial charge in [-0.05, 0) is 30.3 Å². The Morgan fingerprint density at radius 2 is 1.83 bits per heavy atom. The SMILES string of the molecule is Oc1ccc(Cl)cc1[C@@H](C#Cc1ccccc1)N1CCOCC1. The van der Waals surface area contributed by atoms with Crippen molar-refractivity contribution in [3.8, 4) is 17.6 Å². The first kappa shape index (κ1) is 15.9. The Labute approximate surface area is 141 Å². The number of ether oxygens (including phenoxy) is 1. The molecule has 0 amide bonds. The molecule has 0 bridgehead atoms. The van der Waals surface area contributed by atoms with Gasteiger partial charge in [-0.2, -0.15) is 0 Å². The maximum atomic E-state index is 10.2. The molecule has 1 fully saturated rings. The number of nitrogens with zero attached hydrogens (tertiary/aromatic N) is 1. The Bertz CT molecular complexity index is 715. The Morgan fingerprint density at radius 3 is 2.57 bits per heavy atom. The van der Waals surface area contributed by atoms with E-state index >= 15 is 0 Å². The second kappa shape index (κ2) is 7.52. The van der Waals surface area contributed by atoms with Crippen LogP contribution in [0.2, 0.25) is 5.02 Å². The lowest BCUT2D eigenvalue weighted by atomic mass is 10.0. The van der Waals surface area contributed by atoms with Crippen LogP contribution in [0.15, 0.2) is 48.5 Å². The fraction of sp³-hybridized carbons (Fsp3) is 0.263. The summed E-state index contributed by atoms with van der Waals surface area (Å²) in [5.74, 6) is 6.71. The van der Waals surface area contributed by atoms with Crippen molar-refractivity contribution in [3.63, 3.8) is 0 Å². The summed E-state index contributed by atoms with van der Waals surface area (Å²) in [6.07, 6.45) is 0. The minimum Gasteiger partial charge on any atom is -0.508 e. The first-order valence-corrected chi connectivity index (χ1v) is 7.98. The molecule has 2 aromatic carbocycles. The Balaban J connectivity index is 1.96. The van der Waals surface area contributed by atoms with Crippen molar-refractivity contribution >= 4 is 11.6 Å². The van der Waals surface area contributed by atoms with Gasteiger partial charge in [-0.25, -0.2) is 0 Å². The summed E-state index contributed by atoms with van der Waals surface area (Å²) in [5.41, 5.74) is 1.69. The van der Waals surface area contributed by atoms with Gasteiger partial charge in [0.1, 0.15) is 11.8 Å². The molecular weight excluding hydrogens is 310 g/mol. The van der Waals surface area contributed by atoms with E-state index in [0.717, 1.165) is 24.2 Å². The molecule has 0 aliphatic carbocycles. The van der Waals surface area contributed by atoms with Gasteiger partial charge in [0, 0.05) is 29.2 Å². The molecule has 23 heavy (non-hydrogen) atoms. The smallest absolute Gasteiger partial charge is 0.121 e. The number of rotatable bonds is 2. The van der Waals surface area contributed by atoms with Gasteiger partial charge in [0.2, 0.25) is 0 Å². The highest BCUT2D eigenvalue weighted by molar-refractivity contribution is 6.30. The number of aromatic hydroxyl groups is 1. The van der Waals surface area contributed by atoms with E-state index < -0.39 is 0 Å². The highest BCUT2D eigenvalue weighted by atomic mass is 35.5. The van der Waals surface area contributed by atoms with E-state index in [-0.39, 0.29) is 11.8 Å². The lowest BCUT2D eigenvalue weighted by molar-refractivity contribution is 0.0266. The van der Waals surface area contributed by atoms with E-state index in [4.69, 9.17) is 16.3 Å². The fourth-order valence-electron chi connectivity index (χ4n) is 2.62. The molecule has 0 radical (unpaired) electrons. The summed E-state index contributed by atoms with van der Waals surface area (Å²) in [5, 5.41) is 10.8. The van der Waals surface area contributed by atoms with Crippen molar-refractivity contribution in [2.45, 2.75) is 6.04 Å². The number of benzene rings is 2. The van der Waals surface area contributed by atoms with Crippen LogP contribution in [-0.2, 0) is 4.74 Å². The second-order valence-corrected chi connectivity index (χ2v) is 5.83. The fourth-order valence-corrected chi connectivity index (χ4v) is 2.80. The van der Waals surface area contributed by atoms with E-state index in [1.54, 1.807) is 18.2 Å². The average molecular weight is 328 g/mol. The lowest BCUT2D eigenvalue weighted by Crippen LogP contribution is -2.38. The summed E-state index contributed by atoms with van der Waals surface area (Å²) < 4.78 is 5.42. The van der Waals surface area contributed by atoms with Crippen LogP contribution in [0, 0.1) is 11.8 Å². The molecule has 3 rings (SSSR count). The molecule has 2 aromatic rings. The minimum absolute atomic E-state index is 0.210. The molecule has 1 N–H and O–H groups in total. The third-order valence-electron chi connectivity index (χ3n) is 3.82. The minimum atomic E-state index is -0.210. The van der Waals surface area contributed by atoms with Crippen LogP contribution in [-0.4, -0.2) is 36.3 Å². The molecule has 1 atom stereocenters. The van der Waals surface area contributed by atoms with E-state index in [0.29, 0.717) is 18.2 Å². The molecule has 0 unspecified atom stereocenters. The van der Waals surface area contributed by atoms with Crippen molar-refractivity contribution in [3.05, 3.63) is 64.7 Å². The zero-order valence-corrected chi connectivity index (χ0v) is 13.5. The normalized spacial score (nSPS) is 16.4. The van der Waals surface area contributed by atoms with Gasteiger partial charge < -0.3 is 9.84 Å². The van der Waals surface area contributed by atoms with Gasteiger partial charge in [0.05, 0.1) is 13.2 Å². The van der Waals surface area contributed by atoms with Crippen molar-refractivity contribution in [2.24, 2.45) is 0 Å². The Hall–Kier alpha value is -1.99. The van der Waals surface area contributed by atoms with Crippen molar-refractivity contribution in [1.29, 1.82) is 0 Å². The molecule has 118 valence electrons. The van der Waals surface area contributed by atoms with E-state index in [1.165, 1.54) is 0 Å². The molecule has 1 aliphatic rings. The number of phenolic OH excluding ortho intramolecular Hbond substituents is 1. The third kappa shape index (κ3) is 4.05. The highest BCUT2D eigenvalue weighted by Gasteiger charge is 2.23. The molecule has 1 heterocycles. The quantitative estimate of drug-likeness (QED) is 0.857.